The van der Waals surface area contributed by atoms with E-state index < -0.39 is 29.2 Å². The van der Waals surface area contributed by atoms with Crippen LogP contribution in [0.2, 0.25) is 0 Å². The standard InChI is InChI=1S/C23H26FN3O5/c1-3-31-22(29)16-12-27(13-7-8-13)19-14(21(16)28)10-17(24)20(15(19)11-25)26-9-5-6-18(26)23(30)32-4-2/h10-13,18,25H,3-9H2,1-2H3. The van der Waals surface area contributed by atoms with E-state index in [-0.39, 0.29) is 41.5 Å². The van der Waals surface area contributed by atoms with Crippen molar-refractivity contribution in [2.45, 2.75) is 51.6 Å². The topological polar surface area (TPSA) is 102 Å². The Bertz CT molecular complexity index is 1150. The molecule has 1 unspecified atom stereocenters. The van der Waals surface area contributed by atoms with Gasteiger partial charge in [0.2, 0.25) is 5.43 Å². The maximum atomic E-state index is 15.5. The number of benzene rings is 1. The molecule has 2 aliphatic rings. The molecule has 1 saturated carbocycles. The maximum Gasteiger partial charge on any atom is 0.343 e. The van der Waals surface area contributed by atoms with E-state index >= 15 is 4.39 Å². The second-order valence-corrected chi connectivity index (χ2v) is 8.00. The predicted octanol–water partition coefficient (Wildman–Crippen LogP) is 3.18. The van der Waals surface area contributed by atoms with Gasteiger partial charge in [-0.3, -0.25) is 4.79 Å². The third-order valence-electron chi connectivity index (χ3n) is 5.96. The van der Waals surface area contributed by atoms with Crippen LogP contribution in [-0.4, -0.2) is 48.5 Å². The molecule has 2 fully saturated rings. The van der Waals surface area contributed by atoms with Crippen LogP contribution >= 0.6 is 0 Å². The molecule has 170 valence electrons. The molecular weight excluding hydrogens is 417 g/mol. The zero-order valence-corrected chi connectivity index (χ0v) is 18.2. The number of pyridine rings is 1. The summed E-state index contributed by atoms with van der Waals surface area (Å²) in [6.07, 6.45) is 5.37. The summed E-state index contributed by atoms with van der Waals surface area (Å²) >= 11 is 0. The number of aromatic nitrogens is 1. The average Bonchev–Trinajstić information content (AvgIpc) is 3.50. The Hall–Kier alpha value is -3.23. The normalized spacial score (nSPS) is 18.1. The maximum absolute atomic E-state index is 15.5. The first-order valence-electron chi connectivity index (χ1n) is 10.9. The minimum absolute atomic E-state index is 0.0223. The minimum Gasteiger partial charge on any atom is -0.464 e. The van der Waals surface area contributed by atoms with Crippen molar-refractivity contribution in [1.29, 1.82) is 5.41 Å². The van der Waals surface area contributed by atoms with Crippen LogP contribution in [0, 0.1) is 11.2 Å². The lowest BCUT2D eigenvalue weighted by atomic mass is 10.0. The number of fused-ring (bicyclic) bond motifs is 1. The lowest BCUT2D eigenvalue weighted by Gasteiger charge is -2.28. The Labute approximate surface area is 184 Å². The van der Waals surface area contributed by atoms with Gasteiger partial charge in [0.05, 0.1) is 29.8 Å². The molecular formula is C23H26FN3O5. The molecule has 1 aromatic heterocycles. The second kappa shape index (κ2) is 8.72. The molecule has 0 spiro atoms. The van der Waals surface area contributed by atoms with Gasteiger partial charge >= 0.3 is 11.9 Å². The van der Waals surface area contributed by atoms with Crippen LogP contribution in [0.5, 0.6) is 0 Å². The number of nitrogens with zero attached hydrogens (tertiary/aromatic N) is 2. The van der Waals surface area contributed by atoms with Gasteiger partial charge in [-0.25, -0.2) is 14.0 Å². The smallest absolute Gasteiger partial charge is 0.343 e. The number of carbonyl (C=O) groups is 2. The quantitative estimate of drug-likeness (QED) is 0.521. The molecule has 2 heterocycles. The molecule has 4 rings (SSSR count). The highest BCUT2D eigenvalue weighted by Crippen LogP contribution is 2.41. The SMILES string of the molecule is CCOC(=O)c1cn(C2CC2)c2c(C=N)c(N3CCCC3C(=O)OCC)c(F)cc2c1=O. The number of rotatable bonds is 7. The number of carbonyl (C=O) groups excluding carboxylic acids is 2. The summed E-state index contributed by atoms with van der Waals surface area (Å²) in [7, 11) is 0. The van der Waals surface area contributed by atoms with Crippen LogP contribution in [0.15, 0.2) is 17.1 Å². The van der Waals surface area contributed by atoms with E-state index in [2.05, 4.69) is 0 Å². The molecule has 0 radical (unpaired) electrons. The fraction of sp³-hybridized carbons (Fsp3) is 0.478. The largest absolute Gasteiger partial charge is 0.464 e. The monoisotopic (exact) mass is 443 g/mol. The molecule has 8 nitrogen and oxygen atoms in total. The van der Waals surface area contributed by atoms with Crippen LogP contribution in [0.4, 0.5) is 10.1 Å². The molecule has 0 amide bonds. The molecule has 1 aliphatic carbocycles. The Balaban J connectivity index is 1.96. The zero-order valence-electron chi connectivity index (χ0n) is 18.2. The number of hydrogen-bond acceptors (Lipinski definition) is 7. The van der Waals surface area contributed by atoms with Gasteiger partial charge in [-0.15, -0.1) is 0 Å². The van der Waals surface area contributed by atoms with Crippen molar-refractivity contribution in [2.75, 3.05) is 24.7 Å². The number of anilines is 1. The van der Waals surface area contributed by atoms with Crippen LogP contribution in [0.3, 0.4) is 0 Å². The van der Waals surface area contributed by atoms with E-state index in [0.29, 0.717) is 24.9 Å². The molecule has 1 atom stereocenters. The van der Waals surface area contributed by atoms with Gasteiger partial charge in [0, 0.05) is 30.6 Å². The lowest BCUT2D eigenvalue weighted by molar-refractivity contribution is -0.144. The van der Waals surface area contributed by atoms with E-state index in [1.54, 1.807) is 23.3 Å². The highest BCUT2D eigenvalue weighted by atomic mass is 19.1. The fourth-order valence-corrected chi connectivity index (χ4v) is 4.45. The zero-order chi connectivity index (χ0) is 23.0. The summed E-state index contributed by atoms with van der Waals surface area (Å²) in [6, 6.07) is 0.505. The summed E-state index contributed by atoms with van der Waals surface area (Å²) < 4.78 is 27.5. The highest BCUT2D eigenvalue weighted by molar-refractivity contribution is 6.05. The van der Waals surface area contributed by atoms with Gasteiger partial charge < -0.3 is 24.4 Å². The first-order valence-corrected chi connectivity index (χ1v) is 10.9. The third kappa shape index (κ3) is 3.65. The highest BCUT2D eigenvalue weighted by Gasteiger charge is 2.36. The summed E-state index contributed by atoms with van der Waals surface area (Å²) in [5, 5.41) is 8.09. The third-order valence-corrected chi connectivity index (χ3v) is 5.96. The average molecular weight is 443 g/mol. The van der Waals surface area contributed by atoms with Gasteiger partial charge in [0.25, 0.3) is 0 Å². The van der Waals surface area contributed by atoms with Crippen molar-refractivity contribution in [3.05, 3.63) is 39.4 Å². The Morgan fingerprint density at radius 2 is 1.94 bits per heavy atom. The molecule has 2 aromatic rings. The van der Waals surface area contributed by atoms with E-state index in [1.807, 2.05) is 0 Å². The van der Waals surface area contributed by atoms with Crippen molar-refractivity contribution in [2.24, 2.45) is 0 Å². The van der Waals surface area contributed by atoms with Crippen LogP contribution < -0.4 is 10.3 Å². The van der Waals surface area contributed by atoms with Crippen LogP contribution in [0.25, 0.3) is 10.9 Å². The van der Waals surface area contributed by atoms with E-state index in [1.165, 1.54) is 6.20 Å². The van der Waals surface area contributed by atoms with Crippen LogP contribution in [-0.2, 0) is 14.3 Å². The Kier molecular flexibility index (Phi) is 5.99. The number of esters is 2. The molecule has 32 heavy (non-hydrogen) atoms. The molecule has 1 aromatic carbocycles. The van der Waals surface area contributed by atoms with Gasteiger partial charge in [0.15, 0.2) is 0 Å². The van der Waals surface area contributed by atoms with E-state index in [9.17, 15) is 14.4 Å². The van der Waals surface area contributed by atoms with Gasteiger partial charge in [0.1, 0.15) is 17.4 Å². The van der Waals surface area contributed by atoms with E-state index in [0.717, 1.165) is 25.1 Å². The molecule has 0 bridgehead atoms. The predicted molar refractivity (Wildman–Crippen MR) is 117 cm³/mol. The van der Waals surface area contributed by atoms with Gasteiger partial charge in [-0.05, 0) is 45.6 Å². The summed E-state index contributed by atoms with van der Waals surface area (Å²) in [4.78, 5) is 39.6. The lowest BCUT2D eigenvalue weighted by Crippen LogP contribution is -2.38. The van der Waals surface area contributed by atoms with Crippen molar-refractivity contribution in [3.8, 4) is 0 Å². The van der Waals surface area contributed by atoms with Gasteiger partial charge in [-0.2, -0.15) is 0 Å². The Morgan fingerprint density at radius 1 is 1.22 bits per heavy atom. The summed E-state index contributed by atoms with van der Waals surface area (Å²) in [5.74, 6) is -1.90. The van der Waals surface area contributed by atoms with Gasteiger partial charge in [-0.1, -0.05) is 0 Å². The molecule has 1 aliphatic heterocycles. The van der Waals surface area contributed by atoms with E-state index in [4.69, 9.17) is 14.9 Å². The number of hydrogen-bond donors (Lipinski definition) is 1. The first kappa shape index (κ1) is 22.0. The summed E-state index contributed by atoms with van der Waals surface area (Å²) in [6.45, 7) is 4.13. The molecule has 1 N–H and O–H groups in total. The summed E-state index contributed by atoms with van der Waals surface area (Å²) in [5.41, 5.74) is -0.0602. The number of nitrogens with one attached hydrogen (secondary N) is 1. The van der Waals surface area contributed by atoms with Crippen molar-refractivity contribution in [1.82, 2.24) is 4.57 Å². The van der Waals surface area contributed by atoms with Crippen molar-refractivity contribution in [3.63, 3.8) is 0 Å². The minimum atomic E-state index is -0.753. The Morgan fingerprint density at radius 3 is 2.56 bits per heavy atom. The second-order valence-electron chi connectivity index (χ2n) is 8.00. The fourth-order valence-electron chi connectivity index (χ4n) is 4.45. The van der Waals surface area contributed by atoms with Crippen molar-refractivity contribution < 1.29 is 23.5 Å². The first-order chi connectivity index (χ1) is 15.4. The molecule has 1 saturated heterocycles. The molecule has 9 heteroatoms. The van der Waals surface area contributed by atoms with Crippen molar-refractivity contribution >= 4 is 34.7 Å². The number of halogens is 1. The number of ether oxygens (including phenoxy) is 2. The van der Waals surface area contributed by atoms with Crippen LogP contribution in [0.1, 0.15) is 61.5 Å².